The van der Waals surface area contributed by atoms with E-state index in [0.29, 0.717) is 29.4 Å². The van der Waals surface area contributed by atoms with Crippen molar-refractivity contribution in [2.75, 3.05) is 12.0 Å². The molecule has 0 spiro atoms. The molecular weight excluding hydrogens is 456 g/mol. The third-order valence-electron chi connectivity index (χ3n) is 6.17. The number of carbonyl (C=O) groups excluding carboxylic acids is 3. The van der Waals surface area contributed by atoms with Crippen molar-refractivity contribution in [2.24, 2.45) is 0 Å². The van der Waals surface area contributed by atoms with Crippen LogP contribution in [0.4, 0.5) is 10.5 Å². The van der Waals surface area contributed by atoms with Crippen LogP contribution in [0.25, 0.3) is 6.08 Å². The van der Waals surface area contributed by atoms with Crippen LogP contribution in [0, 0.1) is 13.8 Å². The molecular formula is C29H28N2O5. The van der Waals surface area contributed by atoms with E-state index >= 15 is 0 Å². The summed E-state index contributed by atoms with van der Waals surface area (Å²) in [7, 11) is 1.52. The van der Waals surface area contributed by atoms with Gasteiger partial charge in [0.2, 0.25) is 0 Å². The molecule has 4 amide bonds. The second-order valence-corrected chi connectivity index (χ2v) is 8.60. The van der Waals surface area contributed by atoms with Gasteiger partial charge in [0.1, 0.15) is 12.2 Å². The Morgan fingerprint density at radius 2 is 1.58 bits per heavy atom. The molecule has 0 radical (unpaired) electrons. The number of carbonyl (C=O) groups is 3. The third-order valence-corrected chi connectivity index (χ3v) is 6.17. The maximum Gasteiger partial charge on any atom is 0.335 e. The van der Waals surface area contributed by atoms with Gasteiger partial charge in [0.05, 0.1) is 12.8 Å². The van der Waals surface area contributed by atoms with Crippen LogP contribution < -0.4 is 19.7 Å². The van der Waals surface area contributed by atoms with Gasteiger partial charge in [0.25, 0.3) is 11.8 Å². The number of benzene rings is 3. The Morgan fingerprint density at radius 3 is 2.25 bits per heavy atom. The summed E-state index contributed by atoms with van der Waals surface area (Å²) in [6.45, 7) is 6.50. The van der Waals surface area contributed by atoms with Crippen molar-refractivity contribution in [3.8, 4) is 11.5 Å². The van der Waals surface area contributed by atoms with E-state index in [9.17, 15) is 14.4 Å². The van der Waals surface area contributed by atoms with Gasteiger partial charge in [-0.15, -0.1) is 0 Å². The first-order valence-corrected chi connectivity index (χ1v) is 11.7. The van der Waals surface area contributed by atoms with E-state index in [1.54, 1.807) is 30.3 Å². The summed E-state index contributed by atoms with van der Waals surface area (Å²) in [6, 6.07) is 17.6. The SMILES string of the molecule is CCc1ccc(N2C(=O)NC(=O)/C(=C\c3ccc(OCc4ccc(C)c(C)c4)c(OC)c3)C2=O)cc1. The second-order valence-electron chi connectivity index (χ2n) is 8.60. The molecule has 0 unspecified atom stereocenters. The molecule has 1 N–H and O–H groups in total. The Balaban J connectivity index is 1.57. The highest BCUT2D eigenvalue weighted by Gasteiger charge is 2.36. The number of hydrogen-bond acceptors (Lipinski definition) is 5. The molecule has 36 heavy (non-hydrogen) atoms. The lowest BCUT2D eigenvalue weighted by molar-refractivity contribution is -0.122. The van der Waals surface area contributed by atoms with Gasteiger partial charge in [-0.05, 0) is 78.4 Å². The molecule has 1 heterocycles. The van der Waals surface area contributed by atoms with Gasteiger partial charge >= 0.3 is 6.03 Å². The molecule has 0 bridgehead atoms. The molecule has 1 fully saturated rings. The van der Waals surface area contributed by atoms with Gasteiger partial charge in [-0.1, -0.05) is 43.3 Å². The minimum absolute atomic E-state index is 0.153. The van der Waals surface area contributed by atoms with Crippen molar-refractivity contribution in [3.05, 3.63) is 94.1 Å². The lowest BCUT2D eigenvalue weighted by Gasteiger charge is -2.26. The lowest BCUT2D eigenvalue weighted by Crippen LogP contribution is -2.54. The number of anilines is 1. The van der Waals surface area contributed by atoms with E-state index in [0.717, 1.165) is 22.4 Å². The van der Waals surface area contributed by atoms with Crippen LogP contribution in [0.1, 0.15) is 34.7 Å². The number of rotatable bonds is 7. The predicted octanol–water partition coefficient (Wildman–Crippen LogP) is 5.12. The van der Waals surface area contributed by atoms with Crippen molar-refractivity contribution >= 4 is 29.6 Å². The molecule has 7 nitrogen and oxygen atoms in total. The molecule has 1 aliphatic heterocycles. The smallest absolute Gasteiger partial charge is 0.335 e. The third kappa shape index (κ3) is 5.15. The second kappa shape index (κ2) is 10.5. The van der Waals surface area contributed by atoms with E-state index < -0.39 is 17.8 Å². The number of nitrogens with zero attached hydrogens (tertiary/aromatic N) is 1. The first-order chi connectivity index (χ1) is 17.3. The van der Waals surface area contributed by atoms with Crippen molar-refractivity contribution in [1.29, 1.82) is 0 Å². The highest BCUT2D eigenvalue weighted by molar-refractivity contribution is 6.39. The van der Waals surface area contributed by atoms with Crippen LogP contribution in [0.3, 0.4) is 0 Å². The number of barbiturate groups is 1. The number of urea groups is 1. The number of ether oxygens (including phenoxy) is 2. The number of imide groups is 2. The Bertz CT molecular complexity index is 1360. The minimum atomic E-state index is -0.779. The summed E-state index contributed by atoms with van der Waals surface area (Å²) < 4.78 is 11.4. The van der Waals surface area contributed by atoms with Crippen LogP contribution in [-0.4, -0.2) is 25.0 Å². The largest absolute Gasteiger partial charge is 0.493 e. The molecule has 1 aliphatic rings. The highest BCUT2D eigenvalue weighted by Crippen LogP contribution is 2.31. The van der Waals surface area contributed by atoms with Crippen LogP contribution in [0.5, 0.6) is 11.5 Å². The maximum atomic E-state index is 13.2. The van der Waals surface area contributed by atoms with Gasteiger partial charge in [-0.25, -0.2) is 9.69 Å². The Hall–Kier alpha value is -4.39. The zero-order valence-corrected chi connectivity index (χ0v) is 20.8. The molecule has 4 rings (SSSR count). The predicted molar refractivity (Wildman–Crippen MR) is 138 cm³/mol. The standard InChI is InChI=1S/C29H28N2O5/c1-5-20-8-11-23(12-9-20)31-28(33)24(27(32)30-29(31)34)15-21-10-13-25(26(16-21)35-4)36-17-22-7-6-18(2)19(3)14-22/h6-16H,5,17H2,1-4H3,(H,30,32,34)/b24-15+. The molecule has 184 valence electrons. The summed E-state index contributed by atoms with van der Waals surface area (Å²) in [5.41, 5.74) is 5.30. The van der Waals surface area contributed by atoms with E-state index in [4.69, 9.17) is 9.47 Å². The molecule has 7 heteroatoms. The maximum absolute atomic E-state index is 13.2. The summed E-state index contributed by atoms with van der Waals surface area (Å²) in [4.78, 5) is 39.1. The number of nitrogens with one attached hydrogen (secondary N) is 1. The minimum Gasteiger partial charge on any atom is -0.493 e. The van der Waals surface area contributed by atoms with E-state index in [1.807, 2.05) is 25.1 Å². The van der Waals surface area contributed by atoms with E-state index in [-0.39, 0.29) is 5.57 Å². The normalized spacial score (nSPS) is 14.7. The quantitative estimate of drug-likeness (QED) is 0.372. The average molecular weight is 485 g/mol. The molecule has 0 aromatic heterocycles. The first kappa shape index (κ1) is 24.7. The van der Waals surface area contributed by atoms with Crippen LogP contribution >= 0.6 is 0 Å². The zero-order chi connectivity index (χ0) is 25.8. The Morgan fingerprint density at radius 1 is 0.861 bits per heavy atom. The summed E-state index contributed by atoms with van der Waals surface area (Å²) in [5, 5.41) is 2.25. The fraction of sp³-hybridized carbons (Fsp3) is 0.207. The van der Waals surface area contributed by atoms with Gasteiger partial charge < -0.3 is 9.47 Å². The molecule has 0 atom stereocenters. The number of amides is 4. The molecule has 0 saturated carbocycles. The Kier molecular flexibility index (Phi) is 7.20. The summed E-state index contributed by atoms with van der Waals surface area (Å²) in [6.07, 6.45) is 2.27. The molecule has 0 aliphatic carbocycles. The number of hydrogen-bond donors (Lipinski definition) is 1. The lowest BCUT2D eigenvalue weighted by atomic mass is 10.1. The average Bonchev–Trinajstić information content (AvgIpc) is 2.87. The zero-order valence-electron chi connectivity index (χ0n) is 20.8. The fourth-order valence-electron chi connectivity index (χ4n) is 3.89. The highest BCUT2D eigenvalue weighted by atomic mass is 16.5. The first-order valence-electron chi connectivity index (χ1n) is 11.7. The van der Waals surface area contributed by atoms with Crippen LogP contribution in [-0.2, 0) is 22.6 Å². The summed E-state index contributed by atoms with van der Waals surface area (Å²) in [5.74, 6) is -0.451. The van der Waals surface area contributed by atoms with Crippen molar-refractivity contribution < 1.29 is 23.9 Å². The topological polar surface area (TPSA) is 84.9 Å². The van der Waals surface area contributed by atoms with Gasteiger partial charge in [-0.2, -0.15) is 0 Å². The van der Waals surface area contributed by atoms with Crippen molar-refractivity contribution in [3.63, 3.8) is 0 Å². The summed E-state index contributed by atoms with van der Waals surface area (Å²) >= 11 is 0. The van der Waals surface area contributed by atoms with Crippen molar-refractivity contribution in [2.45, 2.75) is 33.8 Å². The van der Waals surface area contributed by atoms with Crippen molar-refractivity contribution in [1.82, 2.24) is 5.32 Å². The molecule has 3 aromatic rings. The molecule has 1 saturated heterocycles. The van der Waals surface area contributed by atoms with E-state index in [2.05, 4.69) is 31.3 Å². The fourth-order valence-corrected chi connectivity index (χ4v) is 3.89. The van der Waals surface area contributed by atoms with E-state index in [1.165, 1.54) is 24.3 Å². The van der Waals surface area contributed by atoms with Crippen LogP contribution in [0.2, 0.25) is 0 Å². The Labute approximate surface area is 210 Å². The van der Waals surface area contributed by atoms with Gasteiger partial charge in [0, 0.05) is 0 Å². The number of methoxy groups -OCH3 is 1. The van der Waals surface area contributed by atoms with Gasteiger partial charge in [0.15, 0.2) is 11.5 Å². The van der Waals surface area contributed by atoms with Crippen LogP contribution in [0.15, 0.2) is 66.2 Å². The number of aryl methyl sites for hydroxylation is 3. The van der Waals surface area contributed by atoms with Gasteiger partial charge in [-0.3, -0.25) is 14.9 Å². The molecule has 3 aromatic carbocycles. The monoisotopic (exact) mass is 484 g/mol.